The van der Waals surface area contributed by atoms with Gasteiger partial charge in [0.05, 0.1) is 24.2 Å². The van der Waals surface area contributed by atoms with Gasteiger partial charge in [-0.2, -0.15) is 0 Å². The number of carbonyl (C=O) groups is 1. The molecule has 2 heterocycles. The summed E-state index contributed by atoms with van der Waals surface area (Å²) in [5, 5.41) is 8.92. The number of hydrogen-bond donors (Lipinski definition) is 0. The van der Waals surface area contributed by atoms with Crippen molar-refractivity contribution >= 4 is 33.4 Å². The van der Waals surface area contributed by atoms with Crippen LogP contribution in [0.4, 0.5) is 10.1 Å². The number of hydrogen-bond acceptors (Lipinski definition) is 6. The number of nitrogens with zero attached hydrogens (tertiary/aromatic N) is 5. The van der Waals surface area contributed by atoms with Crippen LogP contribution in [0.25, 0.3) is 0 Å². The van der Waals surface area contributed by atoms with E-state index in [0.717, 1.165) is 29.8 Å². The third kappa shape index (κ3) is 6.14. The van der Waals surface area contributed by atoms with Gasteiger partial charge in [-0.3, -0.25) is 9.10 Å². The number of piperidine rings is 1. The summed E-state index contributed by atoms with van der Waals surface area (Å²) in [4.78, 5) is 14.8. The smallest absolute Gasteiger partial charge is 0.233 e. The first-order valence-electron chi connectivity index (χ1n) is 10.8. The van der Waals surface area contributed by atoms with Crippen LogP contribution in [0, 0.1) is 5.82 Å². The highest BCUT2D eigenvalue weighted by atomic mass is 32.2. The number of anilines is 1. The number of benzene rings is 1. The van der Waals surface area contributed by atoms with E-state index in [9.17, 15) is 17.6 Å². The SMILES string of the molecule is C=CCn1c(CN(c2ccc(F)cc2)S(C)(=O)=O)nnc1SCC(=O)N1[C@H](C)CCC[C@H]1C. The van der Waals surface area contributed by atoms with Gasteiger partial charge in [0.1, 0.15) is 5.82 Å². The minimum absolute atomic E-state index is 0.0541. The summed E-state index contributed by atoms with van der Waals surface area (Å²) < 4.78 is 41.1. The van der Waals surface area contributed by atoms with Gasteiger partial charge in [0.15, 0.2) is 11.0 Å². The van der Waals surface area contributed by atoms with Crippen molar-refractivity contribution in [1.29, 1.82) is 0 Å². The van der Waals surface area contributed by atoms with Gasteiger partial charge < -0.3 is 9.47 Å². The Kier molecular flexibility index (Phi) is 8.17. The second-order valence-corrected chi connectivity index (χ2v) is 11.1. The van der Waals surface area contributed by atoms with Crippen LogP contribution in [0.3, 0.4) is 0 Å². The Morgan fingerprint density at radius 1 is 1.24 bits per heavy atom. The molecule has 2 atom stereocenters. The second kappa shape index (κ2) is 10.7. The highest BCUT2D eigenvalue weighted by Crippen LogP contribution is 2.26. The fourth-order valence-electron chi connectivity index (χ4n) is 4.10. The van der Waals surface area contributed by atoms with Gasteiger partial charge in [0.2, 0.25) is 15.9 Å². The van der Waals surface area contributed by atoms with Crippen molar-refractivity contribution in [2.75, 3.05) is 16.3 Å². The predicted molar refractivity (Wildman–Crippen MR) is 128 cm³/mol. The molecular weight excluding hydrogens is 465 g/mol. The molecule has 1 aliphatic heterocycles. The highest BCUT2D eigenvalue weighted by Gasteiger charge is 2.29. The predicted octanol–water partition coefficient (Wildman–Crippen LogP) is 3.45. The zero-order valence-corrected chi connectivity index (χ0v) is 20.8. The first kappa shape index (κ1) is 25.2. The number of allylic oxidation sites excluding steroid dienone is 1. The quantitative estimate of drug-likeness (QED) is 0.391. The molecular formula is C22H30FN5O3S2. The summed E-state index contributed by atoms with van der Waals surface area (Å²) in [5.74, 6) is 0.220. The molecule has 8 nitrogen and oxygen atoms in total. The first-order valence-corrected chi connectivity index (χ1v) is 13.7. The summed E-state index contributed by atoms with van der Waals surface area (Å²) in [6, 6.07) is 5.64. The van der Waals surface area contributed by atoms with Crippen LogP contribution in [0.15, 0.2) is 42.1 Å². The van der Waals surface area contributed by atoms with E-state index in [0.29, 0.717) is 23.2 Å². The van der Waals surface area contributed by atoms with E-state index in [4.69, 9.17) is 0 Å². The maximum absolute atomic E-state index is 13.3. The molecule has 180 valence electrons. The van der Waals surface area contributed by atoms with Crippen LogP contribution < -0.4 is 4.31 Å². The van der Waals surface area contributed by atoms with Crippen LogP contribution in [0.1, 0.15) is 38.9 Å². The highest BCUT2D eigenvalue weighted by molar-refractivity contribution is 7.99. The Labute approximate surface area is 198 Å². The van der Waals surface area contributed by atoms with Crippen LogP contribution >= 0.6 is 11.8 Å². The van der Waals surface area contributed by atoms with E-state index in [1.807, 2.05) is 4.90 Å². The molecule has 0 bridgehead atoms. The van der Waals surface area contributed by atoms with Gasteiger partial charge in [0, 0.05) is 18.6 Å². The van der Waals surface area contributed by atoms with Gasteiger partial charge in [-0.25, -0.2) is 12.8 Å². The number of aromatic nitrogens is 3. The summed E-state index contributed by atoms with van der Waals surface area (Å²) in [5.41, 5.74) is 0.324. The topological polar surface area (TPSA) is 88.4 Å². The lowest BCUT2D eigenvalue weighted by atomic mass is 9.98. The summed E-state index contributed by atoms with van der Waals surface area (Å²) >= 11 is 1.28. The van der Waals surface area contributed by atoms with Crippen molar-refractivity contribution in [3.05, 3.63) is 48.6 Å². The number of carbonyl (C=O) groups excluding carboxylic acids is 1. The molecule has 33 heavy (non-hydrogen) atoms. The van der Waals surface area contributed by atoms with Gasteiger partial charge in [-0.05, 0) is 57.4 Å². The summed E-state index contributed by atoms with van der Waals surface area (Å²) in [7, 11) is -3.67. The van der Waals surface area contributed by atoms with E-state index in [2.05, 4.69) is 30.6 Å². The molecule has 3 rings (SSSR count). The molecule has 1 aromatic carbocycles. The van der Waals surface area contributed by atoms with Crippen LogP contribution in [-0.2, 0) is 27.9 Å². The molecule has 0 N–H and O–H groups in total. The maximum atomic E-state index is 13.3. The molecule has 1 aliphatic rings. The summed E-state index contributed by atoms with van der Waals surface area (Å²) in [6.07, 6.45) is 5.88. The Morgan fingerprint density at radius 3 is 2.45 bits per heavy atom. The minimum atomic E-state index is -3.67. The Morgan fingerprint density at radius 2 is 1.88 bits per heavy atom. The van der Waals surface area contributed by atoms with Crippen molar-refractivity contribution in [2.24, 2.45) is 0 Å². The van der Waals surface area contributed by atoms with Crippen LogP contribution in [0.5, 0.6) is 0 Å². The third-order valence-corrected chi connectivity index (χ3v) is 7.80. The van der Waals surface area contributed by atoms with Crippen molar-refractivity contribution in [3.63, 3.8) is 0 Å². The number of likely N-dealkylation sites (tertiary alicyclic amines) is 1. The van der Waals surface area contributed by atoms with Gasteiger partial charge in [0.25, 0.3) is 0 Å². The van der Waals surface area contributed by atoms with E-state index in [-0.39, 0.29) is 30.3 Å². The molecule has 0 aliphatic carbocycles. The molecule has 1 amide bonds. The molecule has 11 heteroatoms. The third-order valence-electron chi connectivity index (χ3n) is 5.71. The molecule has 1 fully saturated rings. The fraction of sp³-hybridized carbons (Fsp3) is 0.500. The lowest BCUT2D eigenvalue weighted by Gasteiger charge is -2.39. The van der Waals surface area contributed by atoms with Crippen molar-refractivity contribution in [2.45, 2.75) is 63.4 Å². The lowest BCUT2D eigenvalue weighted by Crippen LogP contribution is -2.48. The number of thioether (sulfide) groups is 1. The van der Waals surface area contributed by atoms with Crippen LogP contribution in [0.2, 0.25) is 0 Å². The molecule has 1 saturated heterocycles. The minimum Gasteiger partial charge on any atom is -0.337 e. The first-order chi connectivity index (χ1) is 15.6. The van der Waals surface area contributed by atoms with Crippen molar-refractivity contribution < 1.29 is 17.6 Å². The fourth-order valence-corrected chi connectivity index (χ4v) is 5.80. The van der Waals surface area contributed by atoms with E-state index in [1.165, 1.54) is 36.0 Å². The second-order valence-electron chi connectivity index (χ2n) is 8.26. The molecule has 0 saturated carbocycles. The number of rotatable bonds is 9. The number of amides is 1. The Balaban J connectivity index is 1.80. The zero-order valence-electron chi connectivity index (χ0n) is 19.1. The number of sulfonamides is 1. The van der Waals surface area contributed by atoms with Crippen molar-refractivity contribution in [1.82, 2.24) is 19.7 Å². The summed E-state index contributed by atoms with van der Waals surface area (Å²) in [6.45, 7) is 8.19. The number of halogens is 1. The van der Waals surface area contributed by atoms with Crippen molar-refractivity contribution in [3.8, 4) is 0 Å². The van der Waals surface area contributed by atoms with E-state index in [1.54, 1.807) is 10.6 Å². The van der Waals surface area contributed by atoms with Crippen LogP contribution in [-0.4, -0.2) is 58.1 Å². The average Bonchev–Trinajstić information content (AvgIpc) is 3.12. The van der Waals surface area contributed by atoms with Gasteiger partial charge in [-0.1, -0.05) is 17.8 Å². The largest absolute Gasteiger partial charge is 0.337 e. The molecule has 0 spiro atoms. The van der Waals surface area contributed by atoms with E-state index >= 15 is 0 Å². The molecule has 2 aromatic rings. The van der Waals surface area contributed by atoms with E-state index < -0.39 is 15.8 Å². The Bertz CT molecular complexity index is 1080. The normalized spacial score (nSPS) is 18.8. The standard InChI is InChI=1S/C22H30FN5O3S2/c1-5-13-26-20(14-27(33(4,30)31)19-11-9-18(23)10-12-19)24-25-22(26)32-15-21(29)28-16(2)7-6-8-17(28)3/h5,9-12,16-17H,1,6-8,13-15H2,2-4H3/t16-,17-/m1/s1. The lowest BCUT2D eigenvalue weighted by molar-refractivity contribution is -0.134. The maximum Gasteiger partial charge on any atom is 0.233 e. The average molecular weight is 496 g/mol. The monoisotopic (exact) mass is 495 g/mol. The molecule has 1 aromatic heterocycles. The molecule has 0 radical (unpaired) electrons. The van der Waals surface area contributed by atoms with Gasteiger partial charge >= 0.3 is 0 Å². The van der Waals surface area contributed by atoms with Gasteiger partial charge in [-0.15, -0.1) is 16.8 Å². The Hall–Kier alpha value is -2.40. The zero-order chi connectivity index (χ0) is 24.2. The molecule has 0 unspecified atom stereocenters.